The van der Waals surface area contributed by atoms with Gasteiger partial charge in [-0.2, -0.15) is 0 Å². The summed E-state index contributed by atoms with van der Waals surface area (Å²) in [6, 6.07) is 21.3. The maximum absolute atomic E-state index is 5.03. The van der Waals surface area contributed by atoms with Crippen molar-refractivity contribution >= 4 is 38.2 Å². The van der Waals surface area contributed by atoms with Crippen LogP contribution in [-0.2, 0) is 0 Å². The molecule has 128 valence electrons. The first-order valence-corrected chi connectivity index (χ1v) is 9.20. The van der Waals surface area contributed by atoms with Crippen LogP contribution in [0.1, 0.15) is 11.1 Å². The normalized spacial score (nSPS) is 12.1. The minimum absolute atomic E-state index is 0.987. The molecule has 3 heterocycles. The zero-order valence-electron chi connectivity index (χ0n) is 15.2. The van der Waals surface area contributed by atoms with Crippen molar-refractivity contribution in [1.29, 1.82) is 0 Å². The lowest BCUT2D eigenvalue weighted by Crippen LogP contribution is -1.98. The molecule has 0 saturated carbocycles. The van der Waals surface area contributed by atoms with E-state index in [0.717, 1.165) is 27.9 Å². The van der Waals surface area contributed by atoms with Crippen LogP contribution in [0.15, 0.2) is 66.9 Å². The molecule has 0 spiro atoms. The van der Waals surface area contributed by atoms with Gasteiger partial charge in [-0.25, -0.2) is 4.98 Å². The molecule has 3 aromatic carbocycles. The number of hydrogen-bond donors (Lipinski definition) is 0. The first-order valence-electron chi connectivity index (χ1n) is 9.20. The SMILES string of the molecule is Cc1cc(C)c2c(c1)c1nccc3ccc4nc(-c5ccccc5)n2c4c31. The molecule has 0 bridgehead atoms. The number of aryl methyl sites for hydroxylation is 2. The molecular formula is C24H17N3. The third kappa shape index (κ3) is 1.86. The largest absolute Gasteiger partial charge is 0.291 e. The highest BCUT2D eigenvalue weighted by atomic mass is 15.0. The zero-order chi connectivity index (χ0) is 18.1. The predicted molar refractivity (Wildman–Crippen MR) is 112 cm³/mol. The van der Waals surface area contributed by atoms with Gasteiger partial charge in [0.05, 0.1) is 22.1 Å². The quantitative estimate of drug-likeness (QED) is 0.273. The van der Waals surface area contributed by atoms with Crippen molar-refractivity contribution in [1.82, 2.24) is 14.4 Å². The molecule has 0 aliphatic carbocycles. The summed E-state index contributed by atoms with van der Waals surface area (Å²) in [6.07, 6.45) is 1.91. The van der Waals surface area contributed by atoms with E-state index < -0.39 is 0 Å². The number of imidazole rings is 1. The Balaban J connectivity index is 2.00. The summed E-state index contributed by atoms with van der Waals surface area (Å²) >= 11 is 0. The van der Waals surface area contributed by atoms with E-state index in [1.54, 1.807) is 0 Å². The van der Waals surface area contributed by atoms with Crippen molar-refractivity contribution in [3.05, 3.63) is 78.0 Å². The third-order valence-electron chi connectivity index (χ3n) is 5.50. The van der Waals surface area contributed by atoms with Crippen LogP contribution in [0.4, 0.5) is 0 Å². The predicted octanol–water partition coefficient (Wildman–Crippen LogP) is 5.91. The van der Waals surface area contributed by atoms with Crippen molar-refractivity contribution in [3.8, 4) is 11.4 Å². The van der Waals surface area contributed by atoms with Crippen molar-refractivity contribution in [3.63, 3.8) is 0 Å². The van der Waals surface area contributed by atoms with Crippen LogP contribution in [0.5, 0.6) is 0 Å². The van der Waals surface area contributed by atoms with Gasteiger partial charge in [0.15, 0.2) is 0 Å². The Morgan fingerprint density at radius 2 is 1.70 bits per heavy atom. The maximum Gasteiger partial charge on any atom is 0.145 e. The zero-order valence-corrected chi connectivity index (χ0v) is 15.2. The molecule has 3 nitrogen and oxygen atoms in total. The molecule has 0 unspecified atom stereocenters. The van der Waals surface area contributed by atoms with Crippen molar-refractivity contribution in [2.45, 2.75) is 13.8 Å². The van der Waals surface area contributed by atoms with Gasteiger partial charge in [0.2, 0.25) is 0 Å². The number of fused-ring (bicyclic) bond motifs is 3. The number of hydrogen-bond acceptors (Lipinski definition) is 2. The van der Waals surface area contributed by atoms with Gasteiger partial charge in [0.25, 0.3) is 0 Å². The minimum Gasteiger partial charge on any atom is -0.291 e. The molecule has 6 rings (SSSR count). The Hall–Kier alpha value is -3.46. The monoisotopic (exact) mass is 347 g/mol. The van der Waals surface area contributed by atoms with E-state index in [1.165, 1.54) is 32.8 Å². The molecule has 0 N–H and O–H groups in total. The average Bonchev–Trinajstić information content (AvgIpc) is 3.08. The Morgan fingerprint density at radius 3 is 2.56 bits per heavy atom. The van der Waals surface area contributed by atoms with Crippen LogP contribution >= 0.6 is 0 Å². The minimum atomic E-state index is 0.987. The fourth-order valence-corrected chi connectivity index (χ4v) is 4.47. The number of pyridine rings is 2. The topological polar surface area (TPSA) is 30.2 Å². The Kier molecular flexibility index (Phi) is 2.74. The summed E-state index contributed by atoms with van der Waals surface area (Å²) in [7, 11) is 0. The van der Waals surface area contributed by atoms with Gasteiger partial charge in [-0.1, -0.05) is 48.0 Å². The second-order valence-corrected chi connectivity index (χ2v) is 7.31. The van der Waals surface area contributed by atoms with Gasteiger partial charge >= 0.3 is 0 Å². The molecule has 0 fully saturated rings. The molecule has 0 atom stereocenters. The summed E-state index contributed by atoms with van der Waals surface area (Å²) in [5.74, 6) is 0.987. The summed E-state index contributed by atoms with van der Waals surface area (Å²) < 4.78 is 2.34. The second-order valence-electron chi connectivity index (χ2n) is 7.31. The fourth-order valence-electron chi connectivity index (χ4n) is 4.47. The van der Waals surface area contributed by atoms with Crippen LogP contribution in [0, 0.1) is 13.8 Å². The fraction of sp³-hybridized carbons (Fsp3) is 0.0833. The highest BCUT2D eigenvalue weighted by molar-refractivity contribution is 6.22. The van der Waals surface area contributed by atoms with Crippen LogP contribution in [0.25, 0.3) is 49.6 Å². The van der Waals surface area contributed by atoms with E-state index in [0.29, 0.717) is 0 Å². The molecule has 0 aliphatic rings. The van der Waals surface area contributed by atoms with E-state index in [-0.39, 0.29) is 0 Å². The van der Waals surface area contributed by atoms with Crippen LogP contribution in [0.3, 0.4) is 0 Å². The number of benzene rings is 3. The van der Waals surface area contributed by atoms with Crippen LogP contribution in [-0.4, -0.2) is 14.4 Å². The summed E-state index contributed by atoms with van der Waals surface area (Å²) in [4.78, 5) is 9.82. The average molecular weight is 347 g/mol. The lowest BCUT2D eigenvalue weighted by Gasteiger charge is -2.14. The van der Waals surface area contributed by atoms with Gasteiger partial charge in [0, 0.05) is 22.5 Å². The molecule has 0 saturated heterocycles. The highest BCUT2D eigenvalue weighted by Crippen LogP contribution is 2.39. The van der Waals surface area contributed by atoms with E-state index in [2.05, 4.69) is 72.8 Å². The van der Waals surface area contributed by atoms with Gasteiger partial charge in [0.1, 0.15) is 5.82 Å². The van der Waals surface area contributed by atoms with Gasteiger partial charge in [-0.05, 0) is 43.0 Å². The Bertz CT molecular complexity index is 1480. The number of rotatable bonds is 1. The van der Waals surface area contributed by atoms with E-state index in [1.807, 2.05) is 12.3 Å². The van der Waals surface area contributed by atoms with E-state index in [9.17, 15) is 0 Å². The molecule has 3 aromatic heterocycles. The Labute approximate surface area is 156 Å². The van der Waals surface area contributed by atoms with Gasteiger partial charge in [-0.15, -0.1) is 0 Å². The lowest BCUT2D eigenvalue weighted by molar-refractivity contribution is 1.21. The molecular weight excluding hydrogens is 330 g/mol. The van der Waals surface area contributed by atoms with Crippen molar-refractivity contribution in [2.75, 3.05) is 0 Å². The summed E-state index contributed by atoms with van der Waals surface area (Å²) in [5, 5.41) is 3.59. The Morgan fingerprint density at radius 1 is 0.852 bits per heavy atom. The van der Waals surface area contributed by atoms with Crippen molar-refractivity contribution in [2.24, 2.45) is 0 Å². The molecule has 0 aliphatic heterocycles. The van der Waals surface area contributed by atoms with E-state index >= 15 is 0 Å². The second kappa shape index (κ2) is 5.04. The number of nitrogens with zero attached hydrogens (tertiary/aromatic N) is 3. The van der Waals surface area contributed by atoms with Gasteiger partial charge in [-0.3, -0.25) is 9.38 Å². The number of aromatic nitrogens is 3. The summed E-state index contributed by atoms with van der Waals surface area (Å²) in [5.41, 5.74) is 8.06. The smallest absolute Gasteiger partial charge is 0.145 e. The maximum atomic E-state index is 5.03. The molecule has 27 heavy (non-hydrogen) atoms. The lowest BCUT2D eigenvalue weighted by atomic mass is 10.0. The molecule has 0 radical (unpaired) electrons. The van der Waals surface area contributed by atoms with Crippen LogP contribution < -0.4 is 0 Å². The standard InChI is InChI=1S/C24H17N3/c1-14-12-15(2)22-18(13-14)21-20-16(10-11-25-21)8-9-19-23(20)27(22)24(26-19)17-6-4-3-5-7-17/h3-13H,1-2H3. The first kappa shape index (κ1) is 14.7. The van der Waals surface area contributed by atoms with E-state index in [4.69, 9.17) is 9.97 Å². The highest BCUT2D eigenvalue weighted by Gasteiger charge is 2.20. The third-order valence-corrected chi connectivity index (χ3v) is 5.50. The molecule has 0 amide bonds. The first-order chi connectivity index (χ1) is 13.2. The summed E-state index contributed by atoms with van der Waals surface area (Å²) in [6.45, 7) is 4.33. The van der Waals surface area contributed by atoms with Gasteiger partial charge < -0.3 is 0 Å². The molecule has 6 aromatic rings. The van der Waals surface area contributed by atoms with Crippen molar-refractivity contribution < 1.29 is 0 Å². The van der Waals surface area contributed by atoms with Crippen LogP contribution in [0.2, 0.25) is 0 Å². The molecule has 3 heteroatoms.